The number of unbranched alkanes of at least 4 members (excludes halogenated alkanes) is 1. The van der Waals surface area contributed by atoms with Gasteiger partial charge in [-0.25, -0.2) is 4.98 Å². The van der Waals surface area contributed by atoms with E-state index >= 15 is 0 Å². The van der Waals surface area contributed by atoms with Crippen LogP contribution in [0.4, 0.5) is 5.95 Å². The Hall–Kier alpha value is -0.990. The lowest BCUT2D eigenvalue weighted by Gasteiger charge is -2.16. The molecule has 1 aromatic rings. The van der Waals surface area contributed by atoms with Gasteiger partial charge < -0.3 is 9.88 Å². The Kier molecular flexibility index (Phi) is 6.09. The first-order chi connectivity index (χ1) is 8.13. The number of rotatable bonds is 8. The number of nitrogens with zero attached hydrogens (tertiary/aromatic N) is 2. The predicted octanol–water partition coefficient (Wildman–Crippen LogP) is 3.92. The van der Waals surface area contributed by atoms with Gasteiger partial charge in [0.15, 0.2) is 0 Å². The molecule has 1 unspecified atom stereocenters. The van der Waals surface area contributed by atoms with Crippen molar-refractivity contribution >= 4 is 5.95 Å². The molecule has 3 heteroatoms. The standard InChI is InChI=1S/C14H27N3/c1-5-6-10-17-11-9-15-14(17)16-13(4)8-7-12(2)3/h9,11-13H,5-8,10H2,1-4H3,(H,15,16). The Balaban J connectivity index is 2.41. The smallest absolute Gasteiger partial charge is 0.202 e. The van der Waals surface area contributed by atoms with Gasteiger partial charge >= 0.3 is 0 Å². The van der Waals surface area contributed by atoms with Gasteiger partial charge in [0, 0.05) is 25.0 Å². The average Bonchev–Trinajstić information content (AvgIpc) is 2.71. The van der Waals surface area contributed by atoms with Crippen molar-refractivity contribution in [2.24, 2.45) is 5.92 Å². The summed E-state index contributed by atoms with van der Waals surface area (Å²) in [6.07, 6.45) is 8.86. The van der Waals surface area contributed by atoms with Crippen LogP contribution in [0.2, 0.25) is 0 Å². The Bertz CT molecular complexity index is 304. The fourth-order valence-corrected chi connectivity index (χ4v) is 1.83. The fourth-order valence-electron chi connectivity index (χ4n) is 1.83. The average molecular weight is 237 g/mol. The van der Waals surface area contributed by atoms with Crippen LogP contribution < -0.4 is 5.32 Å². The van der Waals surface area contributed by atoms with E-state index in [1.54, 1.807) is 0 Å². The zero-order valence-corrected chi connectivity index (χ0v) is 11.7. The molecule has 0 bridgehead atoms. The number of aromatic nitrogens is 2. The fraction of sp³-hybridized carbons (Fsp3) is 0.786. The molecule has 1 N–H and O–H groups in total. The van der Waals surface area contributed by atoms with Crippen molar-refractivity contribution in [2.45, 2.75) is 66.0 Å². The zero-order valence-electron chi connectivity index (χ0n) is 11.7. The topological polar surface area (TPSA) is 29.9 Å². The van der Waals surface area contributed by atoms with Crippen LogP contribution in [-0.2, 0) is 6.54 Å². The molecule has 0 fully saturated rings. The highest BCUT2D eigenvalue weighted by Crippen LogP contribution is 2.12. The maximum Gasteiger partial charge on any atom is 0.202 e. The molecule has 17 heavy (non-hydrogen) atoms. The van der Waals surface area contributed by atoms with E-state index in [1.165, 1.54) is 25.7 Å². The summed E-state index contributed by atoms with van der Waals surface area (Å²) in [5.41, 5.74) is 0. The van der Waals surface area contributed by atoms with Gasteiger partial charge in [-0.3, -0.25) is 0 Å². The van der Waals surface area contributed by atoms with E-state index in [-0.39, 0.29) is 0 Å². The normalized spacial score (nSPS) is 13.0. The molecule has 3 nitrogen and oxygen atoms in total. The number of imidazole rings is 1. The van der Waals surface area contributed by atoms with Gasteiger partial charge in [-0.05, 0) is 32.1 Å². The van der Waals surface area contributed by atoms with Crippen molar-refractivity contribution in [2.75, 3.05) is 5.32 Å². The molecule has 0 amide bonds. The first-order valence-corrected chi connectivity index (χ1v) is 6.91. The van der Waals surface area contributed by atoms with Crippen molar-refractivity contribution in [3.63, 3.8) is 0 Å². The summed E-state index contributed by atoms with van der Waals surface area (Å²) in [5, 5.41) is 3.51. The highest BCUT2D eigenvalue weighted by Gasteiger charge is 2.07. The van der Waals surface area contributed by atoms with Crippen LogP contribution in [0.15, 0.2) is 12.4 Å². The van der Waals surface area contributed by atoms with Crippen LogP contribution in [0.1, 0.15) is 53.4 Å². The van der Waals surface area contributed by atoms with Crippen molar-refractivity contribution in [1.82, 2.24) is 9.55 Å². The quantitative estimate of drug-likeness (QED) is 0.742. The van der Waals surface area contributed by atoms with Gasteiger partial charge in [-0.15, -0.1) is 0 Å². The zero-order chi connectivity index (χ0) is 12.7. The van der Waals surface area contributed by atoms with Crippen molar-refractivity contribution < 1.29 is 0 Å². The van der Waals surface area contributed by atoms with Crippen LogP contribution >= 0.6 is 0 Å². The van der Waals surface area contributed by atoms with E-state index in [9.17, 15) is 0 Å². The molecule has 1 rings (SSSR count). The largest absolute Gasteiger partial charge is 0.353 e. The lowest BCUT2D eigenvalue weighted by atomic mass is 10.0. The van der Waals surface area contributed by atoms with Gasteiger partial charge in [0.1, 0.15) is 0 Å². The van der Waals surface area contributed by atoms with Crippen molar-refractivity contribution in [3.8, 4) is 0 Å². The van der Waals surface area contributed by atoms with Crippen LogP contribution in [0, 0.1) is 5.92 Å². The number of nitrogens with one attached hydrogen (secondary N) is 1. The molecule has 0 aromatic carbocycles. The molecule has 0 saturated carbocycles. The van der Waals surface area contributed by atoms with Crippen molar-refractivity contribution in [1.29, 1.82) is 0 Å². The number of aryl methyl sites for hydroxylation is 1. The van der Waals surface area contributed by atoms with Gasteiger partial charge in [-0.2, -0.15) is 0 Å². The molecule has 0 aliphatic carbocycles. The Labute approximate surface area is 106 Å². The monoisotopic (exact) mass is 237 g/mol. The van der Waals surface area contributed by atoms with Gasteiger partial charge in [0.25, 0.3) is 0 Å². The minimum absolute atomic E-state index is 0.500. The second-order valence-electron chi connectivity index (χ2n) is 5.31. The molecule has 0 saturated heterocycles. The molecular formula is C14H27N3. The molecule has 1 heterocycles. The summed E-state index contributed by atoms with van der Waals surface area (Å²) in [5.74, 6) is 1.80. The van der Waals surface area contributed by atoms with E-state index in [0.717, 1.165) is 18.4 Å². The Morgan fingerprint density at radius 3 is 2.71 bits per heavy atom. The third-order valence-corrected chi connectivity index (χ3v) is 3.02. The van der Waals surface area contributed by atoms with E-state index in [4.69, 9.17) is 0 Å². The predicted molar refractivity (Wildman–Crippen MR) is 74.3 cm³/mol. The molecule has 98 valence electrons. The maximum atomic E-state index is 4.39. The minimum atomic E-state index is 0.500. The van der Waals surface area contributed by atoms with E-state index in [0.29, 0.717) is 6.04 Å². The lowest BCUT2D eigenvalue weighted by molar-refractivity contribution is 0.523. The first kappa shape index (κ1) is 14.1. The number of anilines is 1. The van der Waals surface area contributed by atoms with Gasteiger partial charge in [-0.1, -0.05) is 27.2 Å². The van der Waals surface area contributed by atoms with Gasteiger partial charge in [0.2, 0.25) is 5.95 Å². The molecule has 0 aliphatic rings. The summed E-state index contributed by atoms with van der Waals surface area (Å²) in [6, 6.07) is 0.500. The summed E-state index contributed by atoms with van der Waals surface area (Å²) < 4.78 is 2.22. The maximum absolute atomic E-state index is 4.39. The number of hydrogen-bond donors (Lipinski definition) is 1. The van der Waals surface area contributed by atoms with Crippen LogP contribution in [0.25, 0.3) is 0 Å². The van der Waals surface area contributed by atoms with Crippen molar-refractivity contribution in [3.05, 3.63) is 12.4 Å². The second kappa shape index (κ2) is 7.36. The summed E-state index contributed by atoms with van der Waals surface area (Å²) in [6.45, 7) is 10.1. The van der Waals surface area contributed by atoms with E-state index in [1.807, 2.05) is 6.20 Å². The highest BCUT2D eigenvalue weighted by atomic mass is 15.2. The summed E-state index contributed by atoms with van der Waals surface area (Å²) in [4.78, 5) is 4.39. The SMILES string of the molecule is CCCCn1ccnc1NC(C)CCC(C)C. The molecular weight excluding hydrogens is 210 g/mol. The minimum Gasteiger partial charge on any atom is -0.353 e. The van der Waals surface area contributed by atoms with E-state index in [2.05, 4.69) is 48.8 Å². The highest BCUT2D eigenvalue weighted by molar-refractivity contribution is 5.27. The molecule has 0 radical (unpaired) electrons. The summed E-state index contributed by atoms with van der Waals surface area (Å²) in [7, 11) is 0. The Morgan fingerprint density at radius 2 is 2.06 bits per heavy atom. The second-order valence-corrected chi connectivity index (χ2v) is 5.31. The molecule has 1 aromatic heterocycles. The van der Waals surface area contributed by atoms with Crippen LogP contribution in [0.5, 0.6) is 0 Å². The first-order valence-electron chi connectivity index (χ1n) is 6.91. The third kappa shape index (κ3) is 5.24. The Morgan fingerprint density at radius 1 is 1.29 bits per heavy atom. The molecule has 0 spiro atoms. The molecule has 0 aliphatic heterocycles. The van der Waals surface area contributed by atoms with Crippen LogP contribution in [-0.4, -0.2) is 15.6 Å². The van der Waals surface area contributed by atoms with Gasteiger partial charge in [0.05, 0.1) is 0 Å². The number of hydrogen-bond acceptors (Lipinski definition) is 2. The van der Waals surface area contributed by atoms with Crippen LogP contribution in [0.3, 0.4) is 0 Å². The molecule has 1 atom stereocenters. The van der Waals surface area contributed by atoms with E-state index < -0.39 is 0 Å². The third-order valence-electron chi connectivity index (χ3n) is 3.02. The summed E-state index contributed by atoms with van der Waals surface area (Å²) >= 11 is 0. The lowest BCUT2D eigenvalue weighted by Crippen LogP contribution is -2.19.